The van der Waals surface area contributed by atoms with Crippen LogP contribution in [0, 0.1) is 0 Å². The summed E-state index contributed by atoms with van der Waals surface area (Å²) in [6.07, 6.45) is 6.90. The van der Waals surface area contributed by atoms with Gasteiger partial charge in [-0.05, 0) is 37.3 Å². The van der Waals surface area contributed by atoms with E-state index in [1.807, 2.05) is 6.07 Å². The van der Waals surface area contributed by atoms with Gasteiger partial charge in [-0.2, -0.15) is 0 Å². The number of unbranched alkanes of at least 4 members (excludes halogenated alkanes) is 1. The Morgan fingerprint density at radius 2 is 2.17 bits per heavy atom. The normalized spacial score (nSPS) is 15.1. The van der Waals surface area contributed by atoms with Gasteiger partial charge in [-0.3, -0.25) is 0 Å². The highest BCUT2D eigenvalue weighted by molar-refractivity contribution is 5.95. The second-order valence-electron chi connectivity index (χ2n) is 4.77. The Kier molecular flexibility index (Phi) is 4.18. The second kappa shape index (κ2) is 5.85. The highest BCUT2D eigenvalue weighted by Crippen LogP contribution is 2.25. The van der Waals surface area contributed by atoms with Crippen LogP contribution in [-0.2, 0) is 6.42 Å². The molecule has 1 aromatic heterocycles. The summed E-state index contributed by atoms with van der Waals surface area (Å²) >= 11 is 0. The first-order valence-electron chi connectivity index (χ1n) is 6.70. The molecule has 2 rings (SSSR count). The lowest BCUT2D eigenvalue weighted by molar-refractivity contribution is 0.0696. The highest BCUT2D eigenvalue weighted by Gasteiger charge is 2.23. The molecule has 0 aliphatic carbocycles. The topological polar surface area (TPSA) is 53.4 Å². The standard InChI is InChI=1S/C14H20N2O2/c1-2-3-6-11-7-8-15-13(12(11)14(17)18)16-9-4-5-10-16/h7-8H,2-6,9-10H2,1H3,(H,17,18). The van der Waals surface area contributed by atoms with Crippen molar-refractivity contribution in [3.05, 3.63) is 23.4 Å². The third-order valence-electron chi connectivity index (χ3n) is 3.44. The molecule has 1 aliphatic rings. The first-order chi connectivity index (χ1) is 8.74. The number of anilines is 1. The lowest BCUT2D eigenvalue weighted by atomic mass is 10.0. The fraction of sp³-hybridized carbons (Fsp3) is 0.571. The second-order valence-corrected chi connectivity index (χ2v) is 4.77. The quantitative estimate of drug-likeness (QED) is 0.870. The van der Waals surface area contributed by atoms with Crippen LogP contribution in [-0.4, -0.2) is 29.1 Å². The number of rotatable bonds is 5. The van der Waals surface area contributed by atoms with Crippen LogP contribution in [0.1, 0.15) is 48.5 Å². The van der Waals surface area contributed by atoms with Crippen molar-refractivity contribution < 1.29 is 9.90 Å². The van der Waals surface area contributed by atoms with E-state index in [-0.39, 0.29) is 0 Å². The van der Waals surface area contributed by atoms with Gasteiger partial charge in [0.1, 0.15) is 11.4 Å². The summed E-state index contributed by atoms with van der Waals surface area (Å²) in [5.74, 6) is -0.190. The summed E-state index contributed by atoms with van der Waals surface area (Å²) in [7, 11) is 0. The first-order valence-corrected chi connectivity index (χ1v) is 6.70. The molecule has 0 aromatic carbocycles. The first kappa shape index (κ1) is 12.9. The van der Waals surface area contributed by atoms with Crippen molar-refractivity contribution in [1.29, 1.82) is 0 Å². The summed E-state index contributed by atoms with van der Waals surface area (Å²) in [5, 5.41) is 9.44. The van der Waals surface area contributed by atoms with Crippen molar-refractivity contribution in [1.82, 2.24) is 4.98 Å². The van der Waals surface area contributed by atoms with Gasteiger partial charge in [-0.1, -0.05) is 13.3 Å². The molecule has 1 fully saturated rings. The predicted octanol–water partition coefficient (Wildman–Crippen LogP) is 2.72. The molecule has 0 bridgehead atoms. The van der Waals surface area contributed by atoms with Gasteiger partial charge >= 0.3 is 5.97 Å². The largest absolute Gasteiger partial charge is 0.478 e. The summed E-state index contributed by atoms with van der Waals surface area (Å²) in [6.45, 7) is 3.96. The number of aromatic carboxylic acids is 1. The number of aryl methyl sites for hydroxylation is 1. The van der Waals surface area contributed by atoms with Crippen LogP contribution in [0.2, 0.25) is 0 Å². The summed E-state index contributed by atoms with van der Waals surface area (Å²) < 4.78 is 0. The monoisotopic (exact) mass is 248 g/mol. The van der Waals surface area contributed by atoms with Gasteiger partial charge in [0.15, 0.2) is 0 Å². The molecular weight excluding hydrogens is 228 g/mol. The molecule has 4 nitrogen and oxygen atoms in total. The van der Waals surface area contributed by atoms with E-state index in [1.54, 1.807) is 6.20 Å². The molecule has 4 heteroatoms. The van der Waals surface area contributed by atoms with Gasteiger partial charge < -0.3 is 10.0 Å². The number of aromatic nitrogens is 1. The molecule has 1 saturated heterocycles. The molecule has 18 heavy (non-hydrogen) atoms. The van der Waals surface area contributed by atoms with Crippen molar-refractivity contribution in [2.24, 2.45) is 0 Å². The molecule has 1 aliphatic heterocycles. The van der Waals surface area contributed by atoms with Crippen LogP contribution in [0.25, 0.3) is 0 Å². The Hall–Kier alpha value is -1.58. The van der Waals surface area contributed by atoms with Crippen molar-refractivity contribution >= 4 is 11.8 Å². The predicted molar refractivity (Wildman–Crippen MR) is 71.3 cm³/mol. The number of hydrogen-bond acceptors (Lipinski definition) is 3. The van der Waals surface area contributed by atoms with Crippen molar-refractivity contribution in [2.45, 2.75) is 39.0 Å². The van der Waals surface area contributed by atoms with E-state index in [2.05, 4.69) is 16.8 Å². The maximum absolute atomic E-state index is 11.5. The van der Waals surface area contributed by atoms with E-state index in [0.717, 1.165) is 50.8 Å². The van der Waals surface area contributed by atoms with Gasteiger partial charge in [0, 0.05) is 19.3 Å². The lowest BCUT2D eigenvalue weighted by Gasteiger charge is -2.20. The Bertz CT molecular complexity index is 426. The summed E-state index contributed by atoms with van der Waals surface area (Å²) in [6, 6.07) is 1.85. The minimum atomic E-state index is -0.851. The van der Waals surface area contributed by atoms with E-state index in [9.17, 15) is 9.90 Å². The van der Waals surface area contributed by atoms with Crippen LogP contribution in [0.3, 0.4) is 0 Å². The Labute approximate surface area is 108 Å². The maximum atomic E-state index is 11.5. The fourth-order valence-corrected chi connectivity index (χ4v) is 2.47. The van der Waals surface area contributed by atoms with Crippen LogP contribution in [0.4, 0.5) is 5.82 Å². The maximum Gasteiger partial charge on any atom is 0.339 e. The fourth-order valence-electron chi connectivity index (χ4n) is 2.47. The molecule has 0 spiro atoms. The zero-order valence-electron chi connectivity index (χ0n) is 10.9. The Morgan fingerprint density at radius 1 is 1.44 bits per heavy atom. The third-order valence-corrected chi connectivity index (χ3v) is 3.44. The van der Waals surface area contributed by atoms with Gasteiger partial charge in [-0.15, -0.1) is 0 Å². The molecule has 0 atom stereocenters. The van der Waals surface area contributed by atoms with Crippen molar-refractivity contribution in [3.63, 3.8) is 0 Å². The molecule has 1 N–H and O–H groups in total. The van der Waals surface area contributed by atoms with E-state index in [1.165, 1.54) is 0 Å². The molecule has 98 valence electrons. The van der Waals surface area contributed by atoms with E-state index in [0.29, 0.717) is 11.4 Å². The lowest BCUT2D eigenvalue weighted by Crippen LogP contribution is -2.23. The zero-order chi connectivity index (χ0) is 13.0. The van der Waals surface area contributed by atoms with Crippen LogP contribution in [0.15, 0.2) is 12.3 Å². The Balaban J connectivity index is 2.35. The molecule has 0 unspecified atom stereocenters. The number of carboxylic acids is 1. The van der Waals surface area contributed by atoms with E-state index in [4.69, 9.17) is 0 Å². The van der Waals surface area contributed by atoms with Gasteiger partial charge in [0.05, 0.1) is 0 Å². The average molecular weight is 248 g/mol. The number of carboxylic acid groups (broad SMARTS) is 1. The van der Waals surface area contributed by atoms with Crippen LogP contribution < -0.4 is 4.90 Å². The van der Waals surface area contributed by atoms with Crippen LogP contribution in [0.5, 0.6) is 0 Å². The molecule has 0 radical (unpaired) electrons. The number of nitrogens with zero attached hydrogens (tertiary/aromatic N) is 2. The average Bonchev–Trinajstić information content (AvgIpc) is 2.89. The minimum Gasteiger partial charge on any atom is -0.478 e. The summed E-state index contributed by atoms with van der Waals surface area (Å²) in [5.41, 5.74) is 1.33. The summed E-state index contributed by atoms with van der Waals surface area (Å²) in [4.78, 5) is 17.9. The zero-order valence-corrected chi connectivity index (χ0v) is 10.9. The van der Waals surface area contributed by atoms with Gasteiger partial charge in [0.2, 0.25) is 0 Å². The third kappa shape index (κ3) is 2.63. The molecule has 0 amide bonds. The smallest absolute Gasteiger partial charge is 0.339 e. The van der Waals surface area contributed by atoms with Gasteiger partial charge in [-0.25, -0.2) is 9.78 Å². The molecule has 1 aromatic rings. The Morgan fingerprint density at radius 3 is 2.78 bits per heavy atom. The molecular formula is C14H20N2O2. The van der Waals surface area contributed by atoms with Gasteiger partial charge in [0.25, 0.3) is 0 Å². The number of carbonyl (C=O) groups is 1. The van der Waals surface area contributed by atoms with Crippen molar-refractivity contribution in [2.75, 3.05) is 18.0 Å². The minimum absolute atomic E-state index is 0.410. The van der Waals surface area contributed by atoms with E-state index >= 15 is 0 Å². The van der Waals surface area contributed by atoms with E-state index < -0.39 is 5.97 Å². The number of hydrogen-bond donors (Lipinski definition) is 1. The molecule has 2 heterocycles. The van der Waals surface area contributed by atoms with Crippen molar-refractivity contribution in [3.8, 4) is 0 Å². The highest BCUT2D eigenvalue weighted by atomic mass is 16.4. The number of pyridine rings is 1. The molecule has 0 saturated carbocycles. The SMILES string of the molecule is CCCCc1ccnc(N2CCCC2)c1C(=O)O. The van der Waals surface area contributed by atoms with Crippen LogP contribution >= 0.6 is 0 Å².